The van der Waals surface area contributed by atoms with Gasteiger partial charge in [-0.1, -0.05) is 76.2 Å². The number of hydrogen-bond acceptors (Lipinski definition) is 1. The maximum atomic E-state index is 10.3. The van der Waals surface area contributed by atoms with Crippen LogP contribution in [0.1, 0.15) is 90.9 Å². The SMILES string of the molecule is CCCCCCC(=C/C=C/CCC=O)CCCCCC. The van der Waals surface area contributed by atoms with Gasteiger partial charge >= 0.3 is 0 Å². The van der Waals surface area contributed by atoms with E-state index in [1.165, 1.54) is 64.2 Å². The molecule has 0 rings (SSSR count). The van der Waals surface area contributed by atoms with Crippen LogP contribution in [-0.2, 0) is 4.79 Å². The third-order valence-electron chi connectivity index (χ3n) is 3.62. The Kier molecular flexibility index (Phi) is 15.5. The van der Waals surface area contributed by atoms with Crippen LogP contribution in [0.25, 0.3) is 0 Å². The molecule has 0 aliphatic carbocycles. The van der Waals surface area contributed by atoms with Crippen LogP contribution in [0.2, 0.25) is 0 Å². The highest BCUT2D eigenvalue weighted by atomic mass is 16.1. The first-order valence-electron chi connectivity index (χ1n) is 8.63. The van der Waals surface area contributed by atoms with Crippen molar-refractivity contribution in [1.82, 2.24) is 0 Å². The predicted molar refractivity (Wildman–Crippen MR) is 90.0 cm³/mol. The Morgan fingerprint density at radius 1 is 0.800 bits per heavy atom. The Labute approximate surface area is 126 Å². The number of rotatable bonds is 14. The average molecular weight is 278 g/mol. The lowest BCUT2D eigenvalue weighted by molar-refractivity contribution is -0.107. The highest BCUT2D eigenvalue weighted by Gasteiger charge is 1.98. The highest BCUT2D eigenvalue weighted by molar-refractivity contribution is 5.49. The van der Waals surface area contributed by atoms with E-state index in [1.54, 1.807) is 5.57 Å². The van der Waals surface area contributed by atoms with Crippen LogP contribution < -0.4 is 0 Å². The summed E-state index contributed by atoms with van der Waals surface area (Å²) in [6.45, 7) is 4.52. The van der Waals surface area contributed by atoms with E-state index >= 15 is 0 Å². The molecule has 0 heterocycles. The zero-order valence-electron chi connectivity index (χ0n) is 13.7. The van der Waals surface area contributed by atoms with Crippen LogP contribution in [0, 0.1) is 0 Å². The van der Waals surface area contributed by atoms with Crippen LogP contribution in [0.4, 0.5) is 0 Å². The number of hydrogen-bond donors (Lipinski definition) is 0. The first kappa shape index (κ1) is 19.1. The molecule has 0 fully saturated rings. The van der Waals surface area contributed by atoms with Crippen LogP contribution >= 0.6 is 0 Å². The van der Waals surface area contributed by atoms with Crippen LogP contribution in [0.15, 0.2) is 23.8 Å². The summed E-state index contributed by atoms with van der Waals surface area (Å²) in [6, 6.07) is 0. The van der Waals surface area contributed by atoms with Crippen LogP contribution in [0.5, 0.6) is 0 Å². The zero-order valence-corrected chi connectivity index (χ0v) is 13.7. The molecular weight excluding hydrogens is 244 g/mol. The van der Waals surface area contributed by atoms with E-state index in [4.69, 9.17) is 0 Å². The van der Waals surface area contributed by atoms with Crippen molar-refractivity contribution in [2.75, 3.05) is 0 Å². The molecule has 0 unspecified atom stereocenters. The van der Waals surface area contributed by atoms with Gasteiger partial charge in [-0.2, -0.15) is 0 Å². The second-order valence-electron chi connectivity index (χ2n) is 5.62. The van der Waals surface area contributed by atoms with Gasteiger partial charge in [0.05, 0.1) is 0 Å². The second-order valence-corrected chi connectivity index (χ2v) is 5.62. The summed E-state index contributed by atoms with van der Waals surface area (Å²) in [4.78, 5) is 10.3. The van der Waals surface area contributed by atoms with Gasteiger partial charge in [-0.15, -0.1) is 0 Å². The molecule has 0 radical (unpaired) electrons. The lowest BCUT2D eigenvalue weighted by Gasteiger charge is -2.07. The summed E-state index contributed by atoms with van der Waals surface area (Å²) in [5.74, 6) is 0. The van der Waals surface area contributed by atoms with Gasteiger partial charge in [-0.25, -0.2) is 0 Å². The summed E-state index contributed by atoms with van der Waals surface area (Å²) >= 11 is 0. The van der Waals surface area contributed by atoms with Gasteiger partial charge in [-0.05, 0) is 32.1 Å². The largest absolute Gasteiger partial charge is 0.303 e. The van der Waals surface area contributed by atoms with Crippen molar-refractivity contribution in [1.29, 1.82) is 0 Å². The van der Waals surface area contributed by atoms with Crippen LogP contribution in [0.3, 0.4) is 0 Å². The zero-order chi connectivity index (χ0) is 14.9. The number of carbonyl (C=O) groups excluding carboxylic acids is 1. The van der Waals surface area contributed by atoms with Gasteiger partial charge in [0.2, 0.25) is 0 Å². The maximum Gasteiger partial charge on any atom is 0.120 e. The lowest BCUT2D eigenvalue weighted by Crippen LogP contribution is -1.87. The van der Waals surface area contributed by atoms with E-state index in [2.05, 4.69) is 32.1 Å². The molecular formula is C19H34O. The molecule has 0 aromatic carbocycles. The molecule has 1 nitrogen and oxygen atoms in total. The topological polar surface area (TPSA) is 17.1 Å². The van der Waals surface area contributed by atoms with Crippen molar-refractivity contribution in [3.05, 3.63) is 23.8 Å². The first-order valence-corrected chi connectivity index (χ1v) is 8.63. The molecule has 0 saturated heterocycles. The Morgan fingerprint density at radius 2 is 1.40 bits per heavy atom. The minimum absolute atomic E-state index is 0.646. The molecule has 0 bridgehead atoms. The predicted octanol–water partition coefficient (Wildman–Crippen LogP) is 6.39. The quantitative estimate of drug-likeness (QED) is 0.204. The molecule has 0 amide bonds. The third kappa shape index (κ3) is 13.6. The van der Waals surface area contributed by atoms with E-state index in [9.17, 15) is 4.79 Å². The fraction of sp³-hybridized carbons (Fsp3) is 0.737. The Morgan fingerprint density at radius 3 is 1.90 bits per heavy atom. The normalized spacial score (nSPS) is 10.9. The number of allylic oxidation sites excluding steroid dienone is 4. The van der Waals surface area contributed by atoms with E-state index in [1.807, 2.05) is 0 Å². The minimum atomic E-state index is 0.646. The van der Waals surface area contributed by atoms with E-state index in [0.29, 0.717) is 6.42 Å². The number of aldehydes is 1. The Balaban J connectivity index is 4.04. The van der Waals surface area contributed by atoms with Gasteiger partial charge in [0.15, 0.2) is 0 Å². The Bertz CT molecular complexity index is 249. The van der Waals surface area contributed by atoms with Crippen molar-refractivity contribution >= 4 is 6.29 Å². The Hall–Kier alpha value is -0.850. The summed E-state index contributed by atoms with van der Waals surface area (Å²) in [6.07, 6.45) is 22.3. The van der Waals surface area contributed by atoms with Crippen molar-refractivity contribution in [3.8, 4) is 0 Å². The maximum absolute atomic E-state index is 10.3. The van der Waals surface area contributed by atoms with Crippen molar-refractivity contribution in [3.63, 3.8) is 0 Å². The molecule has 0 N–H and O–H groups in total. The molecule has 116 valence electrons. The van der Waals surface area contributed by atoms with Gasteiger partial charge in [0, 0.05) is 6.42 Å². The first-order chi connectivity index (χ1) is 9.85. The third-order valence-corrected chi connectivity index (χ3v) is 3.62. The van der Waals surface area contributed by atoms with Crippen molar-refractivity contribution < 1.29 is 4.79 Å². The summed E-state index contributed by atoms with van der Waals surface area (Å²) in [5, 5.41) is 0. The van der Waals surface area contributed by atoms with Gasteiger partial charge in [0.1, 0.15) is 6.29 Å². The van der Waals surface area contributed by atoms with E-state index < -0.39 is 0 Å². The molecule has 0 spiro atoms. The molecule has 0 saturated carbocycles. The minimum Gasteiger partial charge on any atom is -0.303 e. The fourth-order valence-electron chi connectivity index (χ4n) is 2.31. The van der Waals surface area contributed by atoms with Gasteiger partial charge < -0.3 is 4.79 Å². The monoisotopic (exact) mass is 278 g/mol. The van der Waals surface area contributed by atoms with Gasteiger partial charge in [-0.3, -0.25) is 0 Å². The van der Waals surface area contributed by atoms with E-state index in [-0.39, 0.29) is 0 Å². The number of carbonyl (C=O) groups is 1. The second kappa shape index (κ2) is 16.2. The molecule has 20 heavy (non-hydrogen) atoms. The van der Waals surface area contributed by atoms with Gasteiger partial charge in [0.25, 0.3) is 0 Å². The van der Waals surface area contributed by atoms with E-state index in [0.717, 1.165) is 12.7 Å². The molecule has 1 heteroatoms. The molecule has 0 aromatic rings. The van der Waals surface area contributed by atoms with Crippen molar-refractivity contribution in [2.24, 2.45) is 0 Å². The van der Waals surface area contributed by atoms with Crippen LogP contribution in [-0.4, -0.2) is 6.29 Å². The van der Waals surface area contributed by atoms with Crippen molar-refractivity contribution in [2.45, 2.75) is 90.9 Å². The highest BCUT2D eigenvalue weighted by Crippen LogP contribution is 2.17. The fourth-order valence-corrected chi connectivity index (χ4v) is 2.31. The summed E-state index contributed by atoms with van der Waals surface area (Å²) < 4.78 is 0. The molecule has 0 atom stereocenters. The lowest BCUT2D eigenvalue weighted by atomic mass is 10.00. The number of unbranched alkanes of at least 4 members (excludes halogenated alkanes) is 7. The molecule has 0 aromatic heterocycles. The molecule has 0 aliphatic heterocycles. The molecule has 0 aliphatic rings. The average Bonchev–Trinajstić information content (AvgIpc) is 2.47. The standard InChI is InChI=1S/C19H34O/c1-3-5-7-11-15-19(16-12-8-6-4-2)17-13-9-10-14-18-20/h9,13,17-18H,3-8,10-12,14-16H2,1-2H3/b13-9+. The summed E-state index contributed by atoms with van der Waals surface area (Å²) in [7, 11) is 0. The summed E-state index contributed by atoms with van der Waals surface area (Å²) in [5.41, 5.74) is 1.60. The smallest absolute Gasteiger partial charge is 0.120 e.